The number of anilines is 1. The van der Waals surface area contributed by atoms with Crippen LogP contribution >= 0.6 is 0 Å². The van der Waals surface area contributed by atoms with Gasteiger partial charge in [-0.2, -0.15) is 4.98 Å². The van der Waals surface area contributed by atoms with Crippen molar-refractivity contribution >= 4 is 17.6 Å². The third-order valence-corrected chi connectivity index (χ3v) is 3.09. The first kappa shape index (κ1) is 16.5. The van der Waals surface area contributed by atoms with Crippen LogP contribution in [-0.4, -0.2) is 34.2 Å². The molecule has 23 heavy (non-hydrogen) atoms. The molecular formula is C15H17N3O5. The molecule has 1 heterocycles. The molecule has 2 aromatic rings. The van der Waals surface area contributed by atoms with Crippen LogP contribution < -0.4 is 10.1 Å². The molecule has 0 saturated carbocycles. The predicted octanol–water partition coefficient (Wildman–Crippen LogP) is 2.05. The van der Waals surface area contributed by atoms with E-state index in [9.17, 15) is 9.59 Å². The van der Waals surface area contributed by atoms with Crippen LogP contribution in [0.2, 0.25) is 0 Å². The molecule has 0 saturated heterocycles. The summed E-state index contributed by atoms with van der Waals surface area (Å²) in [5.41, 5.74) is 0.516. The molecule has 0 bridgehead atoms. The highest BCUT2D eigenvalue weighted by atomic mass is 16.5. The number of rotatable bonds is 7. The van der Waals surface area contributed by atoms with Crippen LogP contribution in [0, 0.1) is 6.92 Å². The van der Waals surface area contributed by atoms with Crippen molar-refractivity contribution in [1.82, 2.24) is 10.1 Å². The zero-order valence-corrected chi connectivity index (χ0v) is 12.8. The second-order valence-corrected chi connectivity index (χ2v) is 4.86. The van der Waals surface area contributed by atoms with Gasteiger partial charge in [-0.05, 0) is 31.5 Å². The van der Waals surface area contributed by atoms with Crippen LogP contribution in [0.4, 0.5) is 5.69 Å². The molecule has 122 valence electrons. The van der Waals surface area contributed by atoms with Crippen molar-refractivity contribution in [2.75, 3.05) is 12.4 Å². The monoisotopic (exact) mass is 319 g/mol. The van der Waals surface area contributed by atoms with Crippen LogP contribution in [0.5, 0.6) is 5.75 Å². The molecule has 0 spiro atoms. The van der Waals surface area contributed by atoms with Gasteiger partial charge in [0, 0.05) is 12.8 Å². The molecule has 1 amide bonds. The number of aryl methyl sites for hydroxylation is 2. The third-order valence-electron chi connectivity index (χ3n) is 3.09. The molecule has 0 fully saturated rings. The lowest BCUT2D eigenvalue weighted by Gasteiger charge is -2.10. The first-order chi connectivity index (χ1) is 11.0. The van der Waals surface area contributed by atoms with Gasteiger partial charge in [0.2, 0.25) is 11.8 Å². The van der Waals surface area contributed by atoms with Gasteiger partial charge in [-0.3, -0.25) is 4.79 Å². The van der Waals surface area contributed by atoms with Gasteiger partial charge in [-0.25, -0.2) is 4.79 Å². The Morgan fingerprint density at radius 2 is 2.17 bits per heavy atom. The molecule has 0 unspecified atom stereocenters. The maximum absolute atomic E-state index is 11.9. The molecule has 0 atom stereocenters. The van der Waals surface area contributed by atoms with Gasteiger partial charge in [0.05, 0.1) is 18.4 Å². The summed E-state index contributed by atoms with van der Waals surface area (Å²) in [5, 5.41) is 15.3. The van der Waals surface area contributed by atoms with Gasteiger partial charge in [0.15, 0.2) is 5.82 Å². The van der Waals surface area contributed by atoms with Crippen molar-refractivity contribution in [1.29, 1.82) is 0 Å². The lowest BCUT2D eigenvalue weighted by atomic mass is 10.1. The molecule has 0 aliphatic rings. The summed E-state index contributed by atoms with van der Waals surface area (Å²) in [6, 6.07) is 4.27. The van der Waals surface area contributed by atoms with Crippen LogP contribution in [0.3, 0.4) is 0 Å². The van der Waals surface area contributed by atoms with Gasteiger partial charge < -0.3 is 19.7 Å². The quantitative estimate of drug-likeness (QED) is 0.802. The molecule has 1 aromatic carbocycles. The van der Waals surface area contributed by atoms with E-state index in [1.165, 1.54) is 25.3 Å². The van der Waals surface area contributed by atoms with E-state index in [4.69, 9.17) is 14.4 Å². The molecule has 0 aliphatic carbocycles. The molecule has 1 aromatic heterocycles. The highest BCUT2D eigenvalue weighted by molar-refractivity contribution is 5.94. The number of carbonyl (C=O) groups is 2. The molecule has 2 rings (SSSR count). The zero-order valence-electron chi connectivity index (χ0n) is 12.8. The van der Waals surface area contributed by atoms with Crippen molar-refractivity contribution in [2.45, 2.75) is 26.2 Å². The highest BCUT2D eigenvalue weighted by Crippen LogP contribution is 2.25. The molecule has 8 nitrogen and oxygen atoms in total. The van der Waals surface area contributed by atoms with E-state index in [1.807, 2.05) is 0 Å². The average molecular weight is 319 g/mol. The van der Waals surface area contributed by atoms with E-state index in [2.05, 4.69) is 15.5 Å². The summed E-state index contributed by atoms with van der Waals surface area (Å²) in [7, 11) is 1.41. The van der Waals surface area contributed by atoms with Crippen molar-refractivity contribution in [2.24, 2.45) is 0 Å². The summed E-state index contributed by atoms with van der Waals surface area (Å²) in [6.45, 7) is 1.73. The summed E-state index contributed by atoms with van der Waals surface area (Å²) < 4.78 is 10.1. The average Bonchev–Trinajstić information content (AvgIpc) is 2.93. The van der Waals surface area contributed by atoms with Crippen molar-refractivity contribution < 1.29 is 24.0 Å². The van der Waals surface area contributed by atoms with E-state index >= 15 is 0 Å². The summed E-state index contributed by atoms with van der Waals surface area (Å²) >= 11 is 0. The lowest BCUT2D eigenvalue weighted by molar-refractivity contribution is -0.116. The van der Waals surface area contributed by atoms with Gasteiger partial charge in [-0.15, -0.1) is 0 Å². The van der Waals surface area contributed by atoms with Gasteiger partial charge in [0.25, 0.3) is 0 Å². The van der Waals surface area contributed by atoms with Gasteiger partial charge >= 0.3 is 5.97 Å². The number of amides is 1. The number of aromatic nitrogens is 2. The lowest BCUT2D eigenvalue weighted by Crippen LogP contribution is -2.12. The van der Waals surface area contributed by atoms with E-state index in [0.717, 1.165) is 0 Å². The number of carboxylic acid groups (broad SMARTS) is 1. The Hall–Kier alpha value is -2.90. The fourth-order valence-electron chi connectivity index (χ4n) is 1.98. The molecule has 8 heteroatoms. The Bertz CT molecular complexity index is 711. The van der Waals surface area contributed by atoms with Crippen molar-refractivity contribution in [3.8, 4) is 5.75 Å². The highest BCUT2D eigenvalue weighted by Gasteiger charge is 2.12. The van der Waals surface area contributed by atoms with E-state index in [1.54, 1.807) is 6.92 Å². The Morgan fingerprint density at radius 3 is 2.78 bits per heavy atom. The number of hydrogen-bond acceptors (Lipinski definition) is 6. The van der Waals surface area contributed by atoms with E-state index < -0.39 is 5.97 Å². The number of benzene rings is 1. The normalized spacial score (nSPS) is 10.3. The zero-order chi connectivity index (χ0) is 16.8. The fraction of sp³-hybridized carbons (Fsp3) is 0.333. The Kier molecular flexibility index (Phi) is 5.29. The topological polar surface area (TPSA) is 115 Å². The number of hydrogen-bond donors (Lipinski definition) is 2. The van der Waals surface area contributed by atoms with E-state index in [-0.39, 0.29) is 17.9 Å². The number of methoxy groups -OCH3 is 1. The molecule has 0 aliphatic heterocycles. The number of aromatic carboxylic acids is 1. The minimum atomic E-state index is -1.06. The minimum Gasteiger partial charge on any atom is -0.495 e. The fourth-order valence-corrected chi connectivity index (χ4v) is 1.98. The predicted molar refractivity (Wildman–Crippen MR) is 80.6 cm³/mol. The number of carbonyl (C=O) groups excluding carboxylic acids is 1. The van der Waals surface area contributed by atoms with E-state index in [0.29, 0.717) is 36.0 Å². The molecule has 0 radical (unpaired) electrons. The first-order valence-electron chi connectivity index (χ1n) is 7.00. The standard InChI is InChI=1S/C15H17N3O5/c1-9-16-14(23-18-9)5-3-4-13(19)17-11-7-6-10(15(20)21)8-12(11)22-2/h6-8H,3-5H2,1-2H3,(H,17,19)(H,20,21). The smallest absolute Gasteiger partial charge is 0.335 e. The number of ether oxygens (including phenoxy) is 1. The molecule has 2 N–H and O–H groups in total. The molecular weight excluding hydrogens is 302 g/mol. The third kappa shape index (κ3) is 4.53. The van der Waals surface area contributed by atoms with Crippen molar-refractivity contribution in [3.63, 3.8) is 0 Å². The van der Waals surface area contributed by atoms with Crippen LogP contribution in [-0.2, 0) is 11.2 Å². The second-order valence-electron chi connectivity index (χ2n) is 4.86. The van der Waals surface area contributed by atoms with Crippen LogP contribution in [0.25, 0.3) is 0 Å². The minimum absolute atomic E-state index is 0.0895. The summed E-state index contributed by atoms with van der Waals surface area (Å²) in [5.74, 6) is 0.0933. The summed E-state index contributed by atoms with van der Waals surface area (Å²) in [4.78, 5) is 26.9. The largest absolute Gasteiger partial charge is 0.495 e. The maximum atomic E-state index is 11.9. The number of nitrogens with one attached hydrogen (secondary N) is 1. The number of nitrogens with zero attached hydrogens (tertiary/aromatic N) is 2. The second kappa shape index (κ2) is 7.39. The SMILES string of the molecule is COc1cc(C(=O)O)ccc1NC(=O)CCCc1nc(C)no1. The Labute approximate surface area is 132 Å². The van der Waals surface area contributed by atoms with Crippen LogP contribution in [0.1, 0.15) is 34.9 Å². The first-order valence-corrected chi connectivity index (χ1v) is 7.00. The Balaban J connectivity index is 1.90. The maximum Gasteiger partial charge on any atom is 0.335 e. The number of carboxylic acids is 1. The summed E-state index contributed by atoms with van der Waals surface area (Å²) in [6.07, 6.45) is 1.34. The van der Waals surface area contributed by atoms with Gasteiger partial charge in [0.1, 0.15) is 5.75 Å². The van der Waals surface area contributed by atoms with Crippen LogP contribution in [0.15, 0.2) is 22.7 Å². The van der Waals surface area contributed by atoms with Gasteiger partial charge in [-0.1, -0.05) is 5.16 Å². The Morgan fingerprint density at radius 1 is 1.39 bits per heavy atom. The van der Waals surface area contributed by atoms with Crippen molar-refractivity contribution in [3.05, 3.63) is 35.5 Å².